The summed E-state index contributed by atoms with van der Waals surface area (Å²) in [6.45, 7) is -1.96. The molecule has 0 radical (unpaired) electrons. The van der Waals surface area contributed by atoms with Crippen LogP contribution in [0.25, 0.3) is 16.8 Å². The van der Waals surface area contributed by atoms with Gasteiger partial charge in [-0.3, -0.25) is 14.2 Å². The van der Waals surface area contributed by atoms with E-state index in [0.717, 1.165) is 15.3 Å². The minimum absolute atomic E-state index is 0.113. The molecule has 0 atom stereocenters. The van der Waals surface area contributed by atoms with Crippen molar-refractivity contribution in [3.8, 4) is 11.1 Å². The van der Waals surface area contributed by atoms with E-state index in [1.165, 1.54) is 13.2 Å². The molecule has 0 spiro atoms. The third kappa shape index (κ3) is 3.22. The van der Waals surface area contributed by atoms with Crippen LogP contribution in [0.1, 0.15) is 5.69 Å². The van der Waals surface area contributed by atoms with E-state index in [9.17, 15) is 39.9 Å². The Hall–Kier alpha value is -2.93. The summed E-state index contributed by atoms with van der Waals surface area (Å²) < 4.78 is 105. The van der Waals surface area contributed by atoms with Crippen LogP contribution in [-0.4, -0.2) is 36.1 Å². The third-order valence-electron chi connectivity index (χ3n) is 3.81. The molecule has 14 heteroatoms. The van der Waals surface area contributed by atoms with Crippen molar-refractivity contribution in [3.63, 3.8) is 0 Å². The maximum absolute atomic E-state index is 13.4. The Kier molecular flexibility index (Phi) is 4.27. The Balaban J connectivity index is 2.17. The standard InChI is InChI=1S/C14H9F8N5O/c1-25-3-2-8-24-10(13(17,18)19)9(11(28)27(8)25)7-4-23-26(5-7)6-12(15,16)14(20,21)22/h2-5H,6H2,1H3. The number of fused-ring (bicyclic) bond motifs is 1. The molecule has 152 valence electrons. The van der Waals surface area contributed by atoms with E-state index >= 15 is 0 Å². The molecule has 0 unspecified atom stereocenters. The van der Waals surface area contributed by atoms with E-state index in [1.807, 2.05) is 0 Å². The van der Waals surface area contributed by atoms with Crippen LogP contribution in [0.3, 0.4) is 0 Å². The predicted molar refractivity (Wildman–Crippen MR) is 77.7 cm³/mol. The van der Waals surface area contributed by atoms with Crippen molar-refractivity contribution in [2.75, 3.05) is 0 Å². The van der Waals surface area contributed by atoms with Crippen LogP contribution in [-0.2, 0) is 19.8 Å². The second-order valence-corrected chi connectivity index (χ2v) is 5.83. The highest BCUT2D eigenvalue weighted by molar-refractivity contribution is 5.66. The number of nitrogens with zero attached hydrogens (tertiary/aromatic N) is 5. The number of hydrogen-bond acceptors (Lipinski definition) is 3. The number of halogens is 8. The van der Waals surface area contributed by atoms with E-state index in [-0.39, 0.29) is 10.3 Å². The Morgan fingerprint density at radius 1 is 1.07 bits per heavy atom. The van der Waals surface area contributed by atoms with E-state index < -0.39 is 47.2 Å². The van der Waals surface area contributed by atoms with Crippen molar-refractivity contribution in [1.29, 1.82) is 0 Å². The first-order chi connectivity index (χ1) is 12.7. The van der Waals surface area contributed by atoms with Crippen molar-refractivity contribution in [1.82, 2.24) is 24.0 Å². The molecular formula is C14H9F8N5O. The fraction of sp³-hybridized carbons (Fsp3) is 0.357. The number of aromatic nitrogens is 5. The molecule has 0 aliphatic rings. The summed E-state index contributed by atoms with van der Waals surface area (Å²) in [6.07, 6.45) is -8.60. The summed E-state index contributed by atoms with van der Waals surface area (Å²) >= 11 is 0. The minimum atomic E-state index is -5.88. The van der Waals surface area contributed by atoms with Gasteiger partial charge in [0.25, 0.3) is 5.56 Å². The third-order valence-corrected chi connectivity index (χ3v) is 3.81. The van der Waals surface area contributed by atoms with Crippen molar-refractivity contribution < 1.29 is 35.1 Å². The topological polar surface area (TPSA) is 57.1 Å². The van der Waals surface area contributed by atoms with Crippen LogP contribution in [0, 0.1) is 0 Å². The number of hydrogen-bond donors (Lipinski definition) is 0. The lowest BCUT2D eigenvalue weighted by molar-refractivity contribution is -0.287. The molecule has 0 N–H and O–H groups in total. The van der Waals surface area contributed by atoms with Gasteiger partial charge in [-0.05, 0) is 0 Å². The lowest BCUT2D eigenvalue weighted by Crippen LogP contribution is -2.40. The van der Waals surface area contributed by atoms with Crippen LogP contribution >= 0.6 is 0 Å². The van der Waals surface area contributed by atoms with Gasteiger partial charge < -0.3 is 0 Å². The van der Waals surface area contributed by atoms with Crippen LogP contribution < -0.4 is 5.56 Å². The maximum atomic E-state index is 13.4. The number of rotatable bonds is 3. The van der Waals surface area contributed by atoms with Gasteiger partial charge in [0, 0.05) is 31.1 Å². The van der Waals surface area contributed by atoms with Gasteiger partial charge in [0.05, 0.1) is 11.8 Å². The molecule has 0 fully saturated rings. The second kappa shape index (κ2) is 6.04. The van der Waals surface area contributed by atoms with Crippen molar-refractivity contribution in [2.24, 2.45) is 7.05 Å². The predicted octanol–water partition coefficient (Wildman–Crippen LogP) is 3.11. The molecule has 0 saturated heterocycles. The van der Waals surface area contributed by atoms with Crippen molar-refractivity contribution in [3.05, 3.63) is 40.7 Å². The van der Waals surface area contributed by atoms with Gasteiger partial charge in [-0.2, -0.15) is 44.7 Å². The molecule has 3 aromatic rings. The minimum Gasteiger partial charge on any atom is -0.287 e. The lowest BCUT2D eigenvalue weighted by Gasteiger charge is -2.19. The number of aryl methyl sites for hydroxylation is 1. The van der Waals surface area contributed by atoms with Gasteiger partial charge >= 0.3 is 18.3 Å². The molecule has 0 aromatic carbocycles. The summed E-state index contributed by atoms with van der Waals surface area (Å²) in [4.78, 5) is 15.9. The van der Waals surface area contributed by atoms with Crippen molar-refractivity contribution >= 4 is 5.65 Å². The van der Waals surface area contributed by atoms with Gasteiger partial charge in [0.15, 0.2) is 11.3 Å². The zero-order valence-corrected chi connectivity index (χ0v) is 13.7. The highest BCUT2D eigenvalue weighted by Crippen LogP contribution is 2.37. The molecule has 3 aromatic heterocycles. The van der Waals surface area contributed by atoms with E-state index in [4.69, 9.17) is 0 Å². The monoisotopic (exact) mass is 415 g/mol. The zero-order valence-electron chi connectivity index (χ0n) is 13.7. The van der Waals surface area contributed by atoms with Gasteiger partial charge in [-0.1, -0.05) is 0 Å². The Morgan fingerprint density at radius 3 is 2.29 bits per heavy atom. The molecule has 6 nitrogen and oxygen atoms in total. The smallest absolute Gasteiger partial charge is 0.287 e. The Labute approximate surface area is 149 Å². The maximum Gasteiger partial charge on any atom is 0.455 e. The van der Waals surface area contributed by atoms with E-state index in [2.05, 4.69) is 10.1 Å². The molecule has 0 saturated carbocycles. The van der Waals surface area contributed by atoms with Crippen molar-refractivity contribution in [2.45, 2.75) is 24.8 Å². The quantitative estimate of drug-likeness (QED) is 0.618. The van der Waals surface area contributed by atoms with Gasteiger partial charge in [0.2, 0.25) is 0 Å². The molecule has 0 bridgehead atoms. The van der Waals surface area contributed by atoms with Gasteiger partial charge in [0.1, 0.15) is 6.54 Å². The summed E-state index contributed by atoms with van der Waals surface area (Å²) in [5.41, 5.74) is -4.73. The Morgan fingerprint density at radius 2 is 1.71 bits per heavy atom. The largest absolute Gasteiger partial charge is 0.455 e. The molecule has 3 rings (SSSR count). The molecule has 0 aliphatic heterocycles. The highest BCUT2D eigenvalue weighted by Gasteiger charge is 2.57. The first kappa shape index (κ1) is 19.8. The fourth-order valence-electron chi connectivity index (χ4n) is 2.52. The first-order valence-corrected chi connectivity index (χ1v) is 7.35. The Bertz CT molecular complexity index is 1090. The van der Waals surface area contributed by atoms with Gasteiger partial charge in [-0.15, -0.1) is 0 Å². The average molecular weight is 415 g/mol. The molecular weight excluding hydrogens is 406 g/mol. The van der Waals surface area contributed by atoms with E-state index in [1.54, 1.807) is 0 Å². The highest BCUT2D eigenvalue weighted by atomic mass is 19.4. The van der Waals surface area contributed by atoms with Gasteiger partial charge in [-0.25, -0.2) is 4.98 Å². The van der Waals surface area contributed by atoms with Crippen LogP contribution in [0.2, 0.25) is 0 Å². The summed E-state index contributed by atoms with van der Waals surface area (Å²) in [5, 5.41) is 3.23. The second-order valence-electron chi connectivity index (χ2n) is 5.83. The SMILES string of the molecule is Cn1ccc2nc(C(F)(F)F)c(-c3cnn(CC(F)(F)C(F)(F)F)c3)c(=O)n21. The van der Waals surface area contributed by atoms with E-state index in [0.29, 0.717) is 12.4 Å². The average Bonchev–Trinajstić information content (AvgIpc) is 3.12. The molecule has 28 heavy (non-hydrogen) atoms. The molecule has 0 aliphatic carbocycles. The zero-order chi connectivity index (χ0) is 21.1. The summed E-state index contributed by atoms with van der Waals surface area (Å²) in [6, 6.07) is 1.15. The summed E-state index contributed by atoms with van der Waals surface area (Å²) in [7, 11) is 1.35. The van der Waals surface area contributed by atoms with Crippen LogP contribution in [0.15, 0.2) is 29.5 Å². The summed E-state index contributed by atoms with van der Waals surface area (Å²) in [5.74, 6) is -5.17. The van der Waals surface area contributed by atoms with Crippen LogP contribution in [0.5, 0.6) is 0 Å². The number of alkyl halides is 8. The van der Waals surface area contributed by atoms with Crippen LogP contribution in [0.4, 0.5) is 35.1 Å². The normalized spacial score (nSPS) is 13.5. The molecule has 0 amide bonds. The fourth-order valence-corrected chi connectivity index (χ4v) is 2.52. The molecule has 3 heterocycles. The lowest BCUT2D eigenvalue weighted by atomic mass is 10.1. The first-order valence-electron chi connectivity index (χ1n) is 7.35.